The lowest BCUT2D eigenvalue weighted by atomic mass is 10.0. The molecule has 8 heteroatoms. The fourth-order valence-electron chi connectivity index (χ4n) is 2.21. The minimum Gasteiger partial charge on any atom is -0.345 e. The number of nitrogen functional groups attached to an aromatic ring is 1. The zero-order valence-electron chi connectivity index (χ0n) is 11.4. The molecule has 1 heterocycles. The van der Waals surface area contributed by atoms with Crippen molar-refractivity contribution in [3.8, 4) is 0 Å². The van der Waals surface area contributed by atoms with Gasteiger partial charge in [0.15, 0.2) is 11.6 Å². The molecule has 4 N–H and O–H groups in total. The Morgan fingerprint density at radius 1 is 1.18 bits per heavy atom. The highest BCUT2D eigenvalue weighted by Crippen LogP contribution is 2.47. The molecule has 1 saturated carbocycles. The Labute approximate surface area is 124 Å². The van der Waals surface area contributed by atoms with Crippen LogP contribution in [0.25, 0.3) is 0 Å². The molecule has 0 bridgehead atoms. The van der Waals surface area contributed by atoms with Crippen LogP contribution in [0.4, 0.5) is 14.7 Å². The Kier molecular flexibility index (Phi) is 3.45. The molecule has 1 aliphatic carbocycles. The van der Waals surface area contributed by atoms with Gasteiger partial charge in [-0.3, -0.25) is 10.2 Å². The molecule has 2 aromatic rings. The lowest BCUT2D eigenvalue weighted by Gasteiger charge is -2.18. The van der Waals surface area contributed by atoms with Crippen molar-refractivity contribution in [2.75, 3.05) is 5.32 Å². The maximum absolute atomic E-state index is 13.4. The predicted molar refractivity (Wildman–Crippen MR) is 74.6 cm³/mol. The van der Waals surface area contributed by atoms with Crippen LogP contribution >= 0.6 is 0 Å². The quantitative estimate of drug-likeness (QED) is 0.452. The van der Waals surface area contributed by atoms with Crippen molar-refractivity contribution < 1.29 is 13.6 Å². The Morgan fingerprint density at radius 2 is 1.86 bits per heavy atom. The number of nitrogens with one attached hydrogen (secondary N) is 2. The Bertz CT molecular complexity index is 716. The standard InChI is InChI=1S/C14H13F2N5O/c15-10-2-1-9(5-11(10)16)14(3-4-14)20-13-18-6-8(7-19-13)12(22)21-17/h1-2,5-7H,3-4,17H2,(H,21,22)(H,18,19,20). The monoisotopic (exact) mass is 305 g/mol. The molecule has 22 heavy (non-hydrogen) atoms. The van der Waals surface area contributed by atoms with Crippen LogP contribution in [-0.2, 0) is 5.54 Å². The highest BCUT2D eigenvalue weighted by atomic mass is 19.2. The van der Waals surface area contributed by atoms with Gasteiger partial charge >= 0.3 is 0 Å². The van der Waals surface area contributed by atoms with Crippen LogP contribution in [-0.4, -0.2) is 15.9 Å². The SMILES string of the molecule is NNC(=O)c1cnc(NC2(c3ccc(F)c(F)c3)CC2)nc1. The summed E-state index contributed by atoms with van der Waals surface area (Å²) in [5.74, 6) is 3.06. The van der Waals surface area contributed by atoms with Gasteiger partial charge < -0.3 is 5.32 Å². The summed E-state index contributed by atoms with van der Waals surface area (Å²) in [5.41, 5.74) is 2.35. The second kappa shape index (κ2) is 5.30. The van der Waals surface area contributed by atoms with Crippen LogP contribution in [0.5, 0.6) is 0 Å². The molecule has 1 aliphatic rings. The fourth-order valence-corrected chi connectivity index (χ4v) is 2.21. The van der Waals surface area contributed by atoms with Crippen LogP contribution in [0.3, 0.4) is 0 Å². The molecule has 1 aromatic carbocycles. The first-order valence-electron chi connectivity index (χ1n) is 6.61. The van der Waals surface area contributed by atoms with Gasteiger partial charge in [0, 0.05) is 12.4 Å². The summed E-state index contributed by atoms with van der Waals surface area (Å²) in [6.07, 6.45) is 4.18. The average molecular weight is 305 g/mol. The minimum atomic E-state index is -0.888. The third-order valence-electron chi connectivity index (χ3n) is 3.62. The molecule has 0 unspecified atom stereocenters. The smallest absolute Gasteiger partial charge is 0.268 e. The van der Waals surface area contributed by atoms with Gasteiger partial charge in [-0.05, 0) is 30.5 Å². The van der Waals surface area contributed by atoms with E-state index in [2.05, 4.69) is 15.3 Å². The first kappa shape index (κ1) is 14.3. The van der Waals surface area contributed by atoms with Gasteiger partial charge in [0.25, 0.3) is 5.91 Å². The summed E-state index contributed by atoms with van der Waals surface area (Å²) in [6.45, 7) is 0. The molecule has 0 atom stereocenters. The number of hydrazine groups is 1. The largest absolute Gasteiger partial charge is 0.345 e. The minimum absolute atomic E-state index is 0.228. The van der Waals surface area contributed by atoms with Crippen LogP contribution in [0.15, 0.2) is 30.6 Å². The predicted octanol–water partition coefficient (Wildman–Crippen LogP) is 1.46. The first-order chi connectivity index (χ1) is 10.5. The molecule has 0 aliphatic heterocycles. The van der Waals surface area contributed by atoms with E-state index in [9.17, 15) is 13.6 Å². The van der Waals surface area contributed by atoms with Crippen molar-refractivity contribution in [2.45, 2.75) is 18.4 Å². The molecule has 1 amide bonds. The molecule has 1 aromatic heterocycles. The van der Waals surface area contributed by atoms with Gasteiger partial charge in [0.05, 0.1) is 11.1 Å². The number of rotatable bonds is 4. The zero-order valence-corrected chi connectivity index (χ0v) is 11.4. The van der Waals surface area contributed by atoms with Gasteiger partial charge in [0.1, 0.15) is 0 Å². The molecular weight excluding hydrogens is 292 g/mol. The van der Waals surface area contributed by atoms with Crippen molar-refractivity contribution >= 4 is 11.9 Å². The molecule has 6 nitrogen and oxygen atoms in total. The number of carbonyl (C=O) groups excluding carboxylic acids is 1. The van der Waals surface area contributed by atoms with Crippen LogP contribution in [0, 0.1) is 11.6 Å². The van der Waals surface area contributed by atoms with E-state index in [0.717, 1.165) is 18.9 Å². The highest BCUT2D eigenvalue weighted by Gasteiger charge is 2.45. The number of carbonyl (C=O) groups is 1. The number of anilines is 1. The van der Waals surface area contributed by atoms with Crippen molar-refractivity contribution in [1.82, 2.24) is 15.4 Å². The normalized spacial score (nSPS) is 15.2. The molecule has 3 rings (SSSR count). The summed E-state index contributed by atoms with van der Waals surface area (Å²) >= 11 is 0. The Hall–Kier alpha value is -2.61. The first-order valence-corrected chi connectivity index (χ1v) is 6.61. The summed E-state index contributed by atoms with van der Waals surface area (Å²) in [7, 11) is 0. The van der Waals surface area contributed by atoms with Crippen LogP contribution < -0.4 is 16.6 Å². The van der Waals surface area contributed by atoms with Gasteiger partial charge in [-0.25, -0.2) is 24.6 Å². The summed E-state index contributed by atoms with van der Waals surface area (Å²) in [4.78, 5) is 19.4. The summed E-state index contributed by atoms with van der Waals surface area (Å²) < 4.78 is 26.4. The number of hydrogen-bond acceptors (Lipinski definition) is 5. The van der Waals surface area contributed by atoms with E-state index >= 15 is 0 Å². The lowest BCUT2D eigenvalue weighted by Crippen LogP contribution is -2.30. The maximum Gasteiger partial charge on any atom is 0.268 e. The summed E-state index contributed by atoms with van der Waals surface area (Å²) in [6, 6.07) is 3.81. The highest BCUT2D eigenvalue weighted by molar-refractivity contribution is 5.93. The van der Waals surface area contributed by atoms with E-state index in [1.54, 1.807) is 0 Å². The van der Waals surface area contributed by atoms with Crippen LogP contribution in [0.2, 0.25) is 0 Å². The van der Waals surface area contributed by atoms with E-state index < -0.39 is 23.1 Å². The number of hydrogen-bond donors (Lipinski definition) is 3. The number of benzene rings is 1. The topological polar surface area (TPSA) is 92.9 Å². The second-order valence-corrected chi connectivity index (χ2v) is 5.10. The fraction of sp³-hybridized carbons (Fsp3) is 0.214. The third-order valence-corrected chi connectivity index (χ3v) is 3.62. The molecule has 0 radical (unpaired) electrons. The van der Waals surface area contributed by atoms with Crippen molar-refractivity contribution in [1.29, 1.82) is 0 Å². The van der Waals surface area contributed by atoms with Gasteiger partial charge in [-0.15, -0.1) is 0 Å². The number of nitrogens with zero attached hydrogens (tertiary/aromatic N) is 2. The van der Waals surface area contributed by atoms with E-state index in [0.29, 0.717) is 11.5 Å². The molecule has 1 fully saturated rings. The number of aromatic nitrogens is 2. The van der Waals surface area contributed by atoms with Crippen molar-refractivity contribution in [2.24, 2.45) is 5.84 Å². The van der Waals surface area contributed by atoms with Gasteiger partial charge in [-0.2, -0.15) is 0 Å². The third kappa shape index (κ3) is 2.60. The van der Waals surface area contributed by atoms with Gasteiger partial charge in [0.2, 0.25) is 5.95 Å². The molecular formula is C14H13F2N5O. The lowest BCUT2D eigenvalue weighted by molar-refractivity contribution is 0.0953. The van der Waals surface area contributed by atoms with E-state index in [1.165, 1.54) is 24.5 Å². The maximum atomic E-state index is 13.4. The van der Waals surface area contributed by atoms with E-state index in [4.69, 9.17) is 5.84 Å². The zero-order chi connectivity index (χ0) is 15.7. The van der Waals surface area contributed by atoms with Crippen molar-refractivity contribution in [3.63, 3.8) is 0 Å². The average Bonchev–Trinajstić information content (AvgIpc) is 3.30. The Morgan fingerprint density at radius 3 is 2.41 bits per heavy atom. The molecule has 0 spiro atoms. The summed E-state index contributed by atoms with van der Waals surface area (Å²) in [5, 5.41) is 3.10. The number of nitrogens with two attached hydrogens (primary N) is 1. The Balaban J connectivity index is 1.80. The van der Waals surface area contributed by atoms with Crippen LogP contribution in [0.1, 0.15) is 28.8 Å². The second-order valence-electron chi connectivity index (χ2n) is 5.10. The van der Waals surface area contributed by atoms with Gasteiger partial charge in [-0.1, -0.05) is 6.07 Å². The molecule has 0 saturated heterocycles. The van der Waals surface area contributed by atoms with E-state index in [-0.39, 0.29) is 5.56 Å². The number of halogens is 2. The van der Waals surface area contributed by atoms with Crippen molar-refractivity contribution in [3.05, 3.63) is 53.4 Å². The number of amides is 1. The van der Waals surface area contributed by atoms with E-state index in [1.807, 2.05) is 5.43 Å². The molecule has 114 valence electrons.